The fourth-order valence-electron chi connectivity index (χ4n) is 4.00. The Balaban J connectivity index is 1.42. The van der Waals surface area contributed by atoms with E-state index in [-0.39, 0.29) is 5.91 Å². The standard InChI is InChI=1S/C26H30ClN3O2S/c1-19-6-5-7-24(20(19)2)32-17-25-28-23(18-33-25)16-30(15-14-29-12-3-4-13-29)26(31)21-8-10-22(27)11-9-21/h5-11,18H,3-4,12-17H2,1-2H3. The van der Waals surface area contributed by atoms with E-state index in [9.17, 15) is 4.79 Å². The summed E-state index contributed by atoms with van der Waals surface area (Å²) in [5.41, 5.74) is 3.90. The molecule has 2 heterocycles. The Hall–Kier alpha value is -2.41. The van der Waals surface area contributed by atoms with E-state index in [0.29, 0.717) is 30.3 Å². The van der Waals surface area contributed by atoms with E-state index in [1.807, 2.05) is 22.4 Å². The Morgan fingerprint density at radius 3 is 2.67 bits per heavy atom. The van der Waals surface area contributed by atoms with Gasteiger partial charge in [0.15, 0.2) is 0 Å². The number of thiazole rings is 1. The number of likely N-dealkylation sites (tertiary alicyclic amines) is 1. The molecule has 1 aromatic heterocycles. The average molecular weight is 484 g/mol. The highest BCUT2D eigenvalue weighted by Gasteiger charge is 2.20. The van der Waals surface area contributed by atoms with Crippen molar-refractivity contribution in [3.8, 4) is 5.75 Å². The van der Waals surface area contributed by atoms with Crippen molar-refractivity contribution in [2.24, 2.45) is 0 Å². The van der Waals surface area contributed by atoms with Crippen LogP contribution in [0.15, 0.2) is 47.8 Å². The van der Waals surface area contributed by atoms with Crippen molar-refractivity contribution in [2.45, 2.75) is 39.8 Å². The Bertz CT molecular complexity index is 1080. The Kier molecular flexibility index (Phi) is 8.02. The summed E-state index contributed by atoms with van der Waals surface area (Å²) in [4.78, 5) is 22.3. The van der Waals surface area contributed by atoms with Gasteiger partial charge in [-0.1, -0.05) is 23.7 Å². The number of nitrogens with zero attached hydrogens (tertiary/aromatic N) is 3. The quantitative estimate of drug-likeness (QED) is 0.390. The summed E-state index contributed by atoms with van der Waals surface area (Å²) >= 11 is 7.59. The number of halogens is 1. The number of carbonyl (C=O) groups excluding carboxylic acids is 1. The van der Waals surface area contributed by atoms with Gasteiger partial charge in [-0.2, -0.15) is 0 Å². The maximum atomic E-state index is 13.3. The van der Waals surface area contributed by atoms with Crippen LogP contribution in [0.2, 0.25) is 5.02 Å². The third-order valence-corrected chi connectivity index (χ3v) is 7.24. The van der Waals surface area contributed by atoms with Crippen molar-refractivity contribution in [3.05, 3.63) is 80.3 Å². The lowest BCUT2D eigenvalue weighted by Crippen LogP contribution is -2.37. The average Bonchev–Trinajstić information content (AvgIpc) is 3.50. The zero-order valence-corrected chi connectivity index (χ0v) is 20.8. The Morgan fingerprint density at radius 2 is 1.91 bits per heavy atom. The second-order valence-electron chi connectivity index (χ2n) is 8.50. The van der Waals surface area contributed by atoms with Crippen LogP contribution in [0.3, 0.4) is 0 Å². The van der Waals surface area contributed by atoms with Crippen LogP contribution in [-0.2, 0) is 13.2 Å². The molecule has 7 heteroatoms. The molecule has 0 spiro atoms. The van der Waals surface area contributed by atoms with E-state index in [2.05, 4.69) is 24.8 Å². The lowest BCUT2D eigenvalue weighted by molar-refractivity contribution is 0.0725. The minimum Gasteiger partial charge on any atom is -0.486 e. The van der Waals surface area contributed by atoms with Crippen molar-refractivity contribution in [1.29, 1.82) is 0 Å². The van der Waals surface area contributed by atoms with E-state index in [4.69, 9.17) is 21.3 Å². The van der Waals surface area contributed by atoms with E-state index in [0.717, 1.165) is 41.6 Å². The lowest BCUT2D eigenvalue weighted by Gasteiger charge is -2.25. The molecule has 2 aromatic carbocycles. The number of aryl methyl sites for hydroxylation is 1. The molecule has 0 radical (unpaired) electrons. The van der Waals surface area contributed by atoms with Crippen molar-refractivity contribution >= 4 is 28.8 Å². The van der Waals surface area contributed by atoms with Gasteiger partial charge in [0, 0.05) is 29.1 Å². The second kappa shape index (κ2) is 11.1. The first-order valence-electron chi connectivity index (χ1n) is 11.4. The van der Waals surface area contributed by atoms with Crippen LogP contribution in [0.25, 0.3) is 0 Å². The van der Waals surface area contributed by atoms with Crippen molar-refractivity contribution < 1.29 is 9.53 Å². The number of carbonyl (C=O) groups is 1. The summed E-state index contributed by atoms with van der Waals surface area (Å²) in [5, 5.41) is 3.56. The van der Waals surface area contributed by atoms with E-state index < -0.39 is 0 Å². The molecule has 1 amide bonds. The predicted octanol–water partition coefficient (Wildman–Crippen LogP) is 5.73. The largest absolute Gasteiger partial charge is 0.486 e. The van der Waals surface area contributed by atoms with Crippen molar-refractivity contribution in [1.82, 2.24) is 14.8 Å². The first-order chi connectivity index (χ1) is 16.0. The molecular formula is C26H30ClN3O2S. The molecule has 1 aliphatic rings. The molecule has 0 atom stereocenters. The van der Waals surface area contributed by atoms with Gasteiger partial charge < -0.3 is 14.5 Å². The van der Waals surface area contributed by atoms with Gasteiger partial charge in [-0.05, 0) is 81.2 Å². The van der Waals surface area contributed by atoms with Crippen LogP contribution in [0.5, 0.6) is 5.75 Å². The number of rotatable bonds is 9. The molecule has 4 rings (SSSR count). The summed E-state index contributed by atoms with van der Waals surface area (Å²) in [5.74, 6) is 0.893. The number of hydrogen-bond donors (Lipinski definition) is 0. The topological polar surface area (TPSA) is 45.7 Å². The molecule has 0 bridgehead atoms. The fourth-order valence-corrected chi connectivity index (χ4v) is 4.82. The zero-order valence-electron chi connectivity index (χ0n) is 19.2. The number of hydrogen-bond acceptors (Lipinski definition) is 5. The van der Waals surface area contributed by atoms with Gasteiger partial charge in [0.2, 0.25) is 0 Å². The highest BCUT2D eigenvalue weighted by atomic mass is 35.5. The molecule has 1 saturated heterocycles. The molecule has 0 N–H and O–H groups in total. The summed E-state index contributed by atoms with van der Waals surface area (Å²) in [6, 6.07) is 13.2. The second-order valence-corrected chi connectivity index (χ2v) is 9.88. The molecule has 33 heavy (non-hydrogen) atoms. The van der Waals surface area contributed by atoms with Crippen molar-refractivity contribution in [3.63, 3.8) is 0 Å². The van der Waals surface area contributed by atoms with Crippen LogP contribution in [0.1, 0.15) is 45.0 Å². The minimum absolute atomic E-state index is 0.00653. The predicted molar refractivity (Wildman–Crippen MR) is 134 cm³/mol. The van der Waals surface area contributed by atoms with Crippen LogP contribution >= 0.6 is 22.9 Å². The number of benzene rings is 2. The summed E-state index contributed by atoms with van der Waals surface area (Å²) < 4.78 is 6.01. The first-order valence-corrected chi connectivity index (χ1v) is 12.6. The Labute approximate surface area is 205 Å². The zero-order chi connectivity index (χ0) is 23.2. The van der Waals surface area contributed by atoms with Gasteiger partial charge >= 0.3 is 0 Å². The van der Waals surface area contributed by atoms with Crippen molar-refractivity contribution in [2.75, 3.05) is 26.2 Å². The monoisotopic (exact) mass is 483 g/mol. The normalized spacial score (nSPS) is 13.9. The number of ether oxygens (including phenoxy) is 1. The van der Waals surface area contributed by atoms with Gasteiger partial charge in [-0.3, -0.25) is 4.79 Å². The maximum Gasteiger partial charge on any atom is 0.254 e. The van der Waals surface area contributed by atoms with Crippen LogP contribution in [-0.4, -0.2) is 46.9 Å². The van der Waals surface area contributed by atoms with E-state index >= 15 is 0 Å². The highest BCUT2D eigenvalue weighted by molar-refractivity contribution is 7.09. The summed E-state index contributed by atoms with van der Waals surface area (Å²) in [6.45, 7) is 8.83. The first kappa shape index (κ1) is 23.7. The van der Waals surface area contributed by atoms with Crippen LogP contribution < -0.4 is 4.74 Å². The van der Waals surface area contributed by atoms with E-state index in [1.165, 1.54) is 18.4 Å². The van der Waals surface area contributed by atoms with Gasteiger partial charge in [-0.25, -0.2) is 4.98 Å². The molecule has 0 aliphatic carbocycles. The third-order valence-electron chi connectivity index (χ3n) is 6.12. The van der Waals surface area contributed by atoms with Gasteiger partial charge in [0.05, 0.1) is 12.2 Å². The van der Waals surface area contributed by atoms with Gasteiger partial charge in [0.25, 0.3) is 5.91 Å². The van der Waals surface area contributed by atoms with E-state index in [1.54, 1.807) is 35.6 Å². The fraction of sp³-hybridized carbons (Fsp3) is 0.385. The number of aromatic nitrogens is 1. The highest BCUT2D eigenvalue weighted by Crippen LogP contribution is 2.23. The summed E-state index contributed by atoms with van der Waals surface area (Å²) in [6.07, 6.45) is 2.47. The third kappa shape index (κ3) is 6.34. The summed E-state index contributed by atoms with van der Waals surface area (Å²) in [7, 11) is 0. The molecule has 5 nitrogen and oxygen atoms in total. The van der Waals surface area contributed by atoms with Crippen LogP contribution in [0.4, 0.5) is 0 Å². The van der Waals surface area contributed by atoms with Crippen LogP contribution in [0, 0.1) is 13.8 Å². The van der Waals surface area contributed by atoms with Gasteiger partial charge in [-0.15, -0.1) is 11.3 Å². The number of amides is 1. The molecule has 1 aliphatic heterocycles. The Morgan fingerprint density at radius 1 is 1.15 bits per heavy atom. The smallest absolute Gasteiger partial charge is 0.254 e. The molecule has 174 valence electrons. The molecular weight excluding hydrogens is 454 g/mol. The SMILES string of the molecule is Cc1cccc(OCc2nc(CN(CCN3CCCC3)C(=O)c3ccc(Cl)cc3)cs2)c1C. The lowest BCUT2D eigenvalue weighted by atomic mass is 10.1. The van der Waals surface area contributed by atoms with Gasteiger partial charge in [0.1, 0.15) is 17.4 Å². The molecule has 0 unspecified atom stereocenters. The maximum absolute atomic E-state index is 13.3. The molecule has 3 aromatic rings. The molecule has 0 saturated carbocycles. The minimum atomic E-state index is 0.00653. The molecule has 1 fully saturated rings.